The van der Waals surface area contributed by atoms with Crippen LogP contribution in [0.15, 0.2) is 12.4 Å². The monoisotopic (exact) mass is 222 g/mol. The van der Waals surface area contributed by atoms with E-state index in [0.717, 1.165) is 21.3 Å². The van der Waals surface area contributed by atoms with Gasteiger partial charge in [-0.1, -0.05) is 0 Å². The van der Waals surface area contributed by atoms with Gasteiger partial charge in [0.15, 0.2) is 5.82 Å². The molecule has 0 aromatic carbocycles. The van der Waals surface area contributed by atoms with Gasteiger partial charge in [0, 0.05) is 6.04 Å². The molecule has 0 fully saturated rings. The van der Waals surface area contributed by atoms with E-state index in [1.165, 1.54) is 0 Å². The number of nitrogens with two attached hydrogens (primary N) is 1. The molecule has 0 saturated carbocycles. The van der Waals surface area contributed by atoms with Gasteiger partial charge in [-0.3, -0.25) is 0 Å². The molecule has 0 unspecified atom stereocenters. The first-order valence-corrected chi connectivity index (χ1v) is 5.67. The van der Waals surface area contributed by atoms with E-state index in [2.05, 4.69) is 28.6 Å². The average Bonchev–Trinajstić information content (AvgIpc) is 2.71. The second-order valence-corrected chi connectivity index (χ2v) is 4.90. The Bertz CT molecular complexity index is 469. The highest BCUT2D eigenvalue weighted by molar-refractivity contribution is 7.19. The Kier molecular flexibility index (Phi) is 2.48. The zero-order chi connectivity index (χ0) is 11.0. The molecule has 0 amide bonds. The maximum absolute atomic E-state index is 5.77. The van der Waals surface area contributed by atoms with Crippen LogP contribution < -0.4 is 5.73 Å². The average molecular weight is 222 g/mol. The number of thiophene rings is 1. The topological polar surface area (TPSA) is 56.7 Å². The van der Waals surface area contributed by atoms with Crippen LogP contribution in [0.5, 0.6) is 0 Å². The molecule has 0 atom stereocenters. The van der Waals surface area contributed by atoms with Gasteiger partial charge < -0.3 is 10.3 Å². The molecule has 0 aliphatic heterocycles. The van der Waals surface area contributed by atoms with Crippen molar-refractivity contribution in [3.05, 3.63) is 18.0 Å². The van der Waals surface area contributed by atoms with Gasteiger partial charge in [-0.2, -0.15) is 0 Å². The van der Waals surface area contributed by atoms with E-state index in [1.807, 2.05) is 13.0 Å². The Balaban J connectivity index is 2.54. The number of aromatic nitrogens is 3. The molecule has 0 aliphatic rings. The van der Waals surface area contributed by atoms with E-state index in [9.17, 15) is 0 Å². The zero-order valence-corrected chi connectivity index (χ0v) is 9.88. The molecule has 0 spiro atoms. The van der Waals surface area contributed by atoms with Crippen molar-refractivity contribution in [1.29, 1.82) is 0 Å². The summed E-state index contributed by atoms with van der Waals surface area (Å²) in [4.78, 5) is 1.11. The first kappa shape index (κ1) is 10.2. The number of anilines is 1. The highest BCUT2D eigenvalue weighted by atomic mass is 32.1. The minimum atomic E-state index is 0.359. The molecule has 80 valence electrons. The number of aryl methyl sites for hydroxylation is 1. The number of hydrogen-bond acceptors (Lipinski definition) is 4. The Morgan fingerprint density at radius 3 is 2.73 bits per heavy atom. The Labute approximate surface area is 92.8 Å². The van der Waals surface area contributed by atoms with Crippen LogP contribution in [0.3, 0.4) is 0 Å². The lowest BCUT2D eigenvalue weighted by Crippen LogP contribution is -2.01. The van der Waals surface area contributed by atoms with Gasteiger partial charge in [0.05, 0.1) is 9.88 Å². The molecule has 5 heteroatoms. The third-order valence-electron chi connectivity index (χ3n) is 2.27. The van der Waals surface area contributed by atoms with Gasteiger partial charge in [-0.15, -0.1) is 21.5 Å². The molecule has 0 saturated heterocycles. The predicted molar refractivity (Wildman–Crippen MR) is 62.9 cm³/mol. The molecule has 15 heavy (non-hydrogen) atoms. The van der Waals surface area contributed by atoms with Crippen LogP contribution in [0.2, 0.25) is 0 Å². The third-order valence-corrected chi connectivity index (χ3v) is 3.33. The van der Waals surface area contributed by atoms with Crippen LogP contribution in [0, 0.1) is 6.92 Å². The third kappa shape index (κ3) is 1.74. The Morgan fingerprint density at radius 2 is 2.20 bits per heavy atom. The summed E-state index contributed by atoms with van der Waals surface area (Å²) in [5.41, 5.74) is 6.93. The summed E-state index contributed by atoms with van der Waals surface area (Å²) in [5.74, 6) is 0.907. The summed E-state index contributed by atoms with van der Waals surface area (Å²) in [5, 5.41) is 8.92. The molecular formula is C10H14N4S. The fourth-order valence-corrected chi connectivity index (χ4v) is 2.44. The summed E-state index contributed by atoms with van der Waals surface area (Å²) in [6.45, 7) is 6.26. The van der Waals surface area contributed by atoms with Crippen molar-refractivity contribution in [2.75, 3.05) is 5.73 Å². The number of rotatable bonds is 2. The van der Waals surface area contributed by atoms with E-state index in [4.69, 9.17) is 5.73 Å². The Hall–Kier alpha value is -1.36. The molecule has 2 N–H and O–H groups in total. The first-order chi connectivity index (χ1) is 7.09. The highest BCUT2D eigenvalue weighted by Crippen LogP contribution is 2.33. The predicted octanol–water partition coefficient (Wildman–Crippen LogP) is 2.48. The van der Waals surface area contributed by atoms with Crippen LogP contribution in [-0.2, 0) is 0 Å². The molecule has 2 rings (SSSR count). The maximum Gasteiger partial charge on any atom is 0.174 e. The van der Waals surface area contributed by atoms with Crippen LogP contribution in [0.1, 0.15) is 25.5 Å². The van der Waals surface area contributed by atoms with Crippen molar-refractivity contribution < 1.29 is 0 Å². The minimum absolute atomic E-state index is 0.359. The Morgan fingerprint density at radius 1 is 1.47 bits per heavy atom. The van der Waals surface area contributed by atoms with Crippen LogP contribution >= 0.6 is 11.3 Å². The quantitative estimate of drug-likeness (QED) is 0.849. The number of hydrogen-bond donors (Lipinski definition) is 1. The van der Waals surface area contributed by atoms with Crippen molar-refractivity contribution in [3.63, 3.8) is 0 Å². The fraction of sp³-hybridized carbons (Fsp3) is 0.400. The van der Waals surface area contributed by atoms with Crippen molar-refractivity contribution in [3.8, 4) is 10.7 Å². The van der Waals surface area contributed by atoms with Gasteiger partial charge in [-0.25, -0.2) is 0 Å². The van der Waals surface area contributed by atoms with E-state index in [-0.39, 0.29) is 0 Å². The SMILES string of the molecule is Cc1cc(N)sc1-c1nncn1C(C)C. The maximum atomic E-state index is 5.77. The molecule has 2 heterocycles. The minimum Gasteiger partial charge on any atom is -0.391 e. The van der Waals surface area contributed by atoms with E-state index in [1.54, 1.807) is 17.7 Å². The van der Waals surface area contributed by atoms with Crippen molar-refractivity contribution in [2.24, 2.45) is 0 Å². The van der Waals surface area contributed by atoms with Crippen molar-refractivity contribution in [1.82, 2.24) is 14.8 Å². The smallest absolute Gasteiger partial charge is 0.174 e. The number of nitrogen functional groups attached to an aromatic ring is 1. The van der Waals surface area contributed by atoms with Crippen LogP contribution in [-0.4, -0.2) is 14.8 Å². The standard InChI is InChI=1S/C10H14N4S/c1-6(2)14-5-12-13-10(14)9-7(3)4-8(11)15-9/h4-6H,11H2,1-3H3. The molecule has 4 nitrogen and oxygen atoms in total. The largest absolute Gasteiger partial charge is 0.391 e. The van der Waals surface area contributed by atoms with Gasteiger partial charge >= 0.3 is 0 Å². The van der Waals surface area contributed by atoms with E-state index < -0.39 is 0 Å². The molecule has 0 aliphatic carbocycles. The molecule has 0 bridgehead atoms. The second kappa shape index (κ2) is 3.66. The van der Waals surface area contributed by atoms with Gasteiger partial charge in [-0.05, 0) is 32.4 Å². The summed E-state index contributed by atoms with van der Waals surface area (Å²) >= 11 is 1.56. The van der Waals surface area contributed by atoms with Gasteiger partial charge in [0.2, 0.25) is 0 Å². The fourth-order valence-electron chi connectivity index (χ4n) is 1.51. The van der Waals surface area contributed by atoms with Crippen LogP contribution in [0.25, 0.3) is 10.7 Å². The molecule has 2 aromatic rings. The summed E-state index contributed by atoms with van der Waals surface area (Å²) in [6, 6.07) is 2.33. The summed E-state index contributed by atoms with van der Waals surface area (Å²) in [7, 11) is 0. The lowest BCUT2D eigenvalue weighted by molar-refractivity contribution is 0.604. The first-order valence-electron chi connectivity index (χ1n) is 4.85. The number of nitrogens with zero attached hydrogens (tertiary/aromatic N) is 3. The van der Waals surface area contributed by atoms with E-state index in [0.29, 0.717) is 6.04 Å². The lowest BCUT2D eigenvalue weighted by atomic mass is 10.2. The van der Waals surface area contributed by atoms with Gasteiger partial charge in [0.25, 0.3) is 0 Å². The van der Waals surface area contributed by atoms with Crippen molar-refractivity contribution >= 4 is 16.3 Å². The second-order valence-electron chi connectivity index (χ2n) is 3.82. The zero-order valence-electron chi connectivity index (χ0n) is 9.06. The van der Waals surface area contributed by atoms with Gasteiger partial charge in [0.1, 0.15) is 6.33 Å². The summed E-state index contributed by atoms with van der Waals surface area (Å²) < 4.78 is 2.05. The lowest BCUT2D eigenvalue weighted by Gasteiger charge is -2.08. The molecular weight excluding hydrogens is 208 g/mol. The molecule has 0 radical (unpaired) electrons. The highest BCUT2D eigenvalue weighted by Gasteiger charge is 2.14. The van der Waals surface area contributed by atoms with Crippen LogP contribution in [0.4, 0.5) is 5.00 Å². The summed E-state index contributed by atoms with van der Waals surface area (Å²) in [6.07, 6.45) is 1.76. The molecule has 2 aromatic heterocycles. The van der Waals surface area contributed by atoms with Crippen molar-refractivity contribution in [2.45, 2.75) is 26.8 Å². The normalized spacial score (nSPS) is 11.2. The van der Waals surface area contributed by atoms with E-state index >= 15 is 0 Å².